The second kappa shape index (κ2) is 15.1. The summed E-state index contributed by atoms with van der Waals surface area (Å²) in [7, 11) is 2.10. The molecule has 2 fully saturated rings. The van der Waals surface area contributed by atoms with Crippen LogP contribution in [0.2, 0.25) is 0 Å². The summed E-state index contributed by atoms with van der Waals surface area (Å²) in [5.41, 5.74) is 0.464. The van der Waals surface area contributed by atoms with Crippen LogP contribution in [0.1, 0.15) is 38.0 Å². The zero-order chi connectivity index (χ0) is 33.8. The van der Waals surface area contributed by atoms with E-state index in [4.69, 9.17) is 4.84 Å². The summed E-state index contributed by atoms with van der Waals surface area (Å²) in [5, 5.41) is 33.6. The van der Waals surface area contributed by atoms with E-state index in [2.05, 4.69) is 60.1 Å². The van der Waals surface area contributed by atoms with E-state index >= 15 is 0 Å². The first kappa shape index (κ1) is 34.0. The molecule has 1 aliphatic carbocycles. The zero-order valence-corrected chi connectivity index (χ0v) is 28.7. The van der Waals surface area contributed by atoms with Crippen molar-refractivity contribution in [1.82, 2.24) is 45.2 Å². The van der Waals surface area contributed by atoms with Crippen LogP contribution in [0.25, 0.3) is 0 Å². The molecule has 256 valence electrons. The van der Waals surface area contributed by atoms with E-state index in [0.29, 0.717) is 29.3 Å². The predicted molar refractivity (Wildman–Crippen MR) is 178 cm³/mol. The molecule has 0 radical (unpaired) electrons. The summed E-state index contributed by atoms with van der Waals surface area (Å²) in [4.78, 5) is 66.0. The molecule has 0 bridgehead atoms. The van der Waals surface area contributed by atoms with Gasteiger partial charge in [-0.05, 0) is 48.4 Å². The van der Waals surface area contributed by atoms with Crippen molar-refractivity contribution in [2.75, 3.05) is 50.0 Å². The van der Waals surface area contributed by atoms with E-state index in [1.54, 1.807) is 10.1 Å². The van der Waals surface area contributed by atoms with Crippen molar-refractivity contribution in [3.63, 3.8) is 0 Å². The van der Waals surface area contributed by atoms with Gasteiger partial charge in [0.2, 0.25) is 11.6 Å². The minimum Gasteiger partial charge on any atom is -0.477 e. The molecule has 3 N–H and O–H groups in total. The molecule has 17 nitrogen and oxygen atoms in total. The first-order valence-electron chi connectivity index (χ1n) is 15.4. The third-order valence-corrected chi connectivity index (χ3v) is 11.5. The number of β-lactam (4-membered cyclic amide) rings is 1. The lowest BCUT2D eigenvalue weighted by Crippen LogP contribution is -2.71. The third-order valence-electron chi connectivity index (χ3n) is 8.37. The van der Waals surface area contributed by atoms with Gasteiger partial charge in [0.15, 0.2) is 10.8 Å². The van der Waals surface area contributed by atoms with Gasteiger partial charge in [-0.1, -0.05) is 29.9 Å². The number of aliphatic carboxylic acids is 1. The van der Waals surface area contributed by atoms with Gasteiger partial charge >= 0.3 is 5.97 Å². The van der Waals surface area contributed by atoms with Crippen molar-refractivity contribution in [3.05, 3.63) is 34.5 Å². The van der Waals surface area contributed by atoms with Crippen molar-refractivity contribution < 1.29 is 29.1 Å². The maximum atomic E-state index is 13.5. The van der Waals surface area contributed by atoms with Gasteiger partial charge in [-0.25, -0.2) is 14.5 Å². The zero-order valence-electron chi connectivity index (χ0n) is 26.2. The standard InChI is InChI=1S/C28H35N11O6S3/c1-3-19(37-10-8-36(2)9-11-37)39-28(32-34-35-39)48-13-16-12-46-25-21(24(42)38(25)22(16)26(43)44)31-23(41)20(33-45-17-6-4-5-7-17)18-14-47-27(30-18)29-15-40/h4,6,14-15,17,19,21,25H,3,5,7-13H2,1-2H3,(H,31,41)(H,43,44)(H,29,30,40)/b33-20-/t17?,19?,21?,25-/m1/s1. The Hall–Kier alpha value is -3.85. The second-order valence-corrected chi connectivity index (χ2v) is 14.3. The van der Waals surface area contributed by atoms with E-state index in [9.17, 15) is 24.3 Å². The molecule has 0 saturated carbocycles. The molecule has 3 aliphatic heterocycles. The molecule has 4 aliphatic rings. The number of rotatable bonds is 14. The number of allylic oxidation sites excluding steroid dienone is 1. The van der Waals surface area contributed by atoms with Crippen LogP contribution < -0.4 is 10.6 Å². The number of nitrogens with zero attached hydrogens (tertiary/aromatic N) is 9. The summed E-state index contributed by atoms with van der Waals surface area (Å²) in [6.45, 7) is 5.76. The van der Waals surface area contributed by atoms with Crippen molar-refractivity contribution in [2.45, 2.75) is 55.0 Å². The second-order valence-electron chi connectivity index (χ2n) is 11.4. The van der Waals surface area contributed by atoms with Gasteiger partial charge in [-0.2, -0.15) is 0 Å². The van der Waals surface area contributed by atoms with Crippen molar-refractivity contribution in [1.29, 1.82) is 0 Å². The Labute approximate surface area is 288 Å². The molecule has 2 aromatic heterocycles. The largest absolute Gasteiger partial charge is 0.477 e. The van der Waals surface area contributed by atoms with Crippen LogP contribution in [0.3, 0.4) is 0 Å². The number of hydrogen-bond donors (Lipinski definition) is 3. The lowest BCUT2D eigenvalue weighted by atomic mass is 10.0. The Morgan fingerprint density at radius 1 is 1.29 bits per heavy atom. The average Bonchev–Trinajstić information content (AvgIpc) is 3.87. The first-order chi connectivity index (χ1) is 23.3. The van der Waals surface area contributed by atoms with Gasteiger partial charge in [0, 0.05) is 43.1 Å². The molecule has 3 amide bonds. The topological polar surface area (TPSA) is 200 Å². The number of carbonyl (C=O) groups excluding carboxylic acids is 3. The molecule has 0 aromatic carbocycles. The maximum Gasteiger partial charge on any atom is 0.352 e. The highest BCUT2D eigenvalue weighted by Gasteiger charge is 2.54. The first-order valence-corrected chi connectivity index (χ1v) is 18.3. The van der Waals surface area contributed by atoms with E-state index in [0.717, 1.165) is 50.4 Å². The van der Waals surface area contributed by atoms with Crippen LogP contribution in [0, 0.1) is 0 Å². The number of amides is 3. The number of thiazole rings is 1. The number of fused-ring (bicyclic) bond motifs is 1. The molecule has 0 spiro atoms. The minimum atomic E-state index is -1.23. The highest BCUT2D eigenvalue weighted by molar-refractivity contribution is 8.01. The number of anilines is 1. The van der Waals surface area contributed by atoms with E-state index in [1.807, 2.05) is 12.2 Å². The van der Waals surface area contributed by atoms with Crippen molar-refractivity contribution in [3.8, 4) is 0 Å². The number of carbonyl (C=O) groups is 4. The number of hydrogen-bond acceptors (Lipinski definition) is 15. The fraction of sp³-hybridized carbons (Fsp3) is 0.536. The van der Waals surface area contributed by atoms with E-state index in [1.165, 1.54) is 28.4 Å². The minimum absolute atomic E-state index is 0.0267. The fourth-order valence-corrected chi connectivity index (χ4v) is 8.90. The Bertz CT molecular complexity index is 1640. The Balaban J connectivity index is 1.14. The number of oxime groups is 1. The number of aromatic nitrogens is 5. The molecule has 48 heavy (non-hydrogen) atoms. The van der Waals surface area contributed by atoms with Gasteiger partial charge in [-0.15, -0.1) is 28.2 Å². The molecule has 3 unspecified atom stereocenters. The summed E-state index contributed by atoms with van der Waals surface area (Å²) in [5.74, 6) is -1.88. The van der Waals surface area contributed by atoms with Gasteiger partial charge < -0.3 is 25.5 Å². The van der Waals surface area contributed by atoms with Gasteiger partial charge in [0.25, 0.3) is 11.8 Å². The lowest BCUT2D eigenvalue weighted by Gasteiger charge is -2.49. The molecule has 5 heterocycles. The highest BCUT2D eigenvalue weighted by atomic mass is 32.2. The normalized spacial score (nSPS) is 23.9. The Morgan fingerprint density at radius 3 is 2.81 bits per heavy atom. The summed E-state index contributed by atoms with van der Waals surface area (Å²) in [6, 6.07) is -0.991. The summed E-state index contributed by atoms with van der Waals surface area (Å²) >= 11 is 3.80. The number of thioether (sulfide) groups is 2. The van der Waals surface area contributed by atoms with Gasteiger partial charge in [0.05, 0.1) is 0 Å². The molecule has 2 saturated heterocycles. The summed E-state index contributed by atoms with van der Waals surface area (Å²) in [6.07, 6.45) is 6.26. The van der Waals surface area contributed by atoms with Crippen LogP contribution in [-0.2, 0) is 24.0 Å². The van der Waals surface area contributed by atoms with Crippen LogP contribution in [0.4, 0.5) is 5.13 Å². The number of carboxylic acid groups (broad SMARTS) is 1. The molecule has 6 rings (SSSR count). The maximum absolute atomic E-state index is 13.5. The van der Waals surface area contributed by atoms with Crippen LogP contribution in [0.15, 0.2) is 39.1 Å². The summed E-state index contributed by atoms with van der Waals surface area (Å²) < 4.78 is 1.79. The molecule has 2 aromatic rings. The number of carboxylic acids is 1. The highest BCUT2D eigenvalue weighted by Crippen LogP contribution is 2.41. The molecular formula is C28H35N11O6S3. The smallest absolute Gasteiger partial charge is 0.352 e. The number of piperazine rings is 1. The van der Waals surface area contributed by atoms with Gasteiger partial charge in [-0.3, -0.25) is 24.2 Å². The number of likely N-dealkylation sites (N-methyl/N-ethyl adjacent to an activating group) is 1. The third kappa shape index (κ3) is 7.12. The van der Waals surface area contributed by atoms with E-state index in [-0.39, 0.29) is 40.3 Å². The molecule has 4 atom stereocenters. The molecule has 20 heteroatoms. The number of tetrazole rings is 1. The number of nitrogens with one attached hydrogen (secondary N) is 2. The average molecular weight is 718 g/mol. The van der Waals surface area contributed by atoms with Crippen molar-refractivity contribution >= 4 is 69.9 Å². The molecular weight excluding hydrogens is 683 g/mol. The fourth-order valence-electron chi connectivity index (χ4n) is 5.85. The monoisotopic (exact) mass is 717 g/mol. The van der Waals surface area contributed by atoms with Crippen molar-refractivity contribution in [2.24, 2.45) is 5.16 Å². The van der Waals surface area contributed by atoms with Crippen LogP contribution in [-0.4, -0.2) is 137 Å². The SMILES string of the molecule is CCC(N1CCN(C)CC1)n1nnnc1SCC1=C(C(=O)O)N2C(=O)C(NC(=O)/C(=N\OC3C=CCC3)c3csc(NC=O)n3)[C@H]2SC1. The lowest BCUT2D eigenvalue weighted by molar-refractivity contribution is -0.150. The van der Waals surface area contributed by atoms with E-state index < -0.39 is 29.2 Å². The Morgan fingerprint density at radius 2 is 2.10 bits per heavy atom. The predicted octanol–water partition coefficient (Wildman–Crippen LogP) is 0.824. The Kier molecular flexibility index (Phi) is 10.7. The van der Waals surface area contributed by atoms with Gasteiger partial charge in [0.1, 0.15) is 35.1 Å². The van der Waals surface area contributed by atoms with Crippen LogP contribution in [0.5, 0.6) is 0 Å². The van der Waals surface area contributed by atoms with Crippen LogP contribution >= 0.6 is 34.9 Å². The quantitative estimate of drug-likeness (QED) is 0.0620.